The van der Waals surface area contributed by atoms with Gasteiger partial charge in [0.1, 0.15) is 6.04 Å². The molecule has 0 spiro atoms. The molecule has 0 fully saturated rings. The average molecular weight is 260 g/mol. The number of benzene rings is 1. The van der Waals surface area contributed by atoms with E-state index in [4.69, 9.17) is 0 Å². The maximum Gasteiger partial charge on any atom is 0.123 e. The standard InChI is InChI=1S/C15H24N4/c1-17(2)10-11-19(5)15(12-16)13-6-8-14(9-7-13)18(3)4/h6-9,15H,10-11H2,1-5H3. The highest BCUT2D eigenvalue weighted by molar-refractivity contribution is 5.47. The van der Waals surface area contributed by atoms with Crippen LogP contribution in [0.5, 0.6) is 0 Å². The molecule has 1 unspecified atom stereocenters. The molecular formula is C15H24N4. The number of nitriles is 1. The Morgan fingerprint density at radius 1 is 1.00 bits per heavy atom. The Morgan fingerprint density at radius 3 is 2.00 bits per heavy atom. The number of hydrogen-bond donors (Lipinski definition) is 0. The number of likely N-dealkylation sites (N-methyl/N-ethyl adjacent to an activating group) is 2. The van der Waals surface area contributed by atoms with Crippen LogP contribution in [0.15, 0.2) is 24.3 Å². The van der Waals surface area contributed by atoms with Crippen molar-refractivity contribution in [3.8, 4) is 6.07 Å². The largest absolute Gasteiger partial charge is 0.378 e. The SMILES string of the molecule is CN(C)CCN(C)C(C#N)c1ccc(N(C)C)cc1. The van der Waals surface area contributed by atoms with Gasteiger partial charge in [-0.15, -0.1) is 0 Å². The Kier molecular flexibility index (Phi) is 5.81. The summed E-state index contributed by atoms with van der Waals surface area (Å²) in [6.07, 6.45) is 0. The first-order valence-electron chi connectivity index (χ1n) is 6.47. The highest BCUT2D eigenvalue weighted by Crippen LogP contribution is 2.21. The fourth-order valence-corrected chi connectivity index (χ4v) is 1.87. The van der Waals surface area contributed by atoms with Crippen LogP contribution in [-0.4, -0.2) is 58.1 Å². The van der Waals surface area contributed by atoms with Gasteiger partial charge in [0, 0.05) is 32.9 Å². The Hall–Kier alpha value is -1.57. The minimum atomic E-state index is -0.184. The van der Waals surface area contributed by atoms with Gasteiger partial charge in [0.2, 0.25) is 0 Å². The van der Waals surface area contributed by atoms with Gasteiger partial charge in [0.25, 0.3) is 0 Å². The fraction of sp³-hybridized carbons (Fsp3) is 0.533. The predicted octanol–water partition coefficient (Wildman–Crippen LogP) is 1.81. The summed E-state index contributed by atoms with van der Waals surface area (Å²) in [4.78, 5) is 6.27. The van der Waals surface area contributed by atoms with E-state index >= 15 is 0 Å². The lowest BCUT2D eigenvalue weighted by molar-refractivity contribution is 0.253. The maximum atomic E-state index is 9.38. The van der Waals surface area contributed by atoms with E-state index < -0.39 is 0 Å². The van der Waals surface area contributed by atoms with Crippen molar-refractivity contribution in [1.29, 1.82) is 5.26 Å². The number of nitrogens with zero attached hydrogens (tertiary/aromatic N) is 4. The van der Waals surface area contributed by atoms with Crippen molar-refractivity contribution in [1.82, 2.24) is 9.80 Å². The highest BCUT2D eigenvalue weighted by atomic mass is 15.2. The molecule has 0 aliphatic heterocycles. The van der Waals surface area contributed by atoms with Crippen LogP contribution in [0.25, 0.3) is 0 Å². The van der Waals surface area contributed by atoms with Crippen molar-refractivity contribution in [2.45, 2.75) is 6.04 Å². The molecule has 0 aromatic heterocycles. The van der Waals surface area contributed by atoms with Crippen LogP contribution in [0.4, 0.5) is 5.69 Å². The van der Waals surface area contributed by atoms with Crippen molar-refractivity contribution in [3.05, 3.63) is 29.8 Å². The van der Waals surface area contributed by atoms with E-state index in [-0.39, 0.29) is 6.04 Å². The lowest BCUT2D eigenvalue weighted by Gasteiger charge is -2.24. The molecule has 1 aromatic carbocycles. The van der Waals surface area contributed by atoms with E-state index in [0.29, 0.717) is 0 Å². The molecule has 0 aliphatic carbocycles. The summed E-state index contributed by atoms with van der Waals surface area (Å²) in [5.74, 6) is 0. The molecule has 0 aliphatic rings. The molecule has 4 heteroatoms. The molecule has 1 rings (SSSR count). The molecule has 0 saturated carbocycles. The van der Waals surface area contributed by atoms with Crippen molar-refractivity contribution >= 4 is 5.69 Å². The minimum absolute atomic E-state index is 0.184. The second-order valence-electron chi connectivity index (χ2n) is 5.30. The predicted molar refractivity (Wildman–Crippen MR) is 80.3 cm³/mol. The maximum absolute atomic E-state index is 9.38. The van der Waals surface area contributed by atoms with Gasteiger partial charge in [-0.1, -0.05) is 12.1 Å². The molecule has 1 aromatic rings. The lowest BCUT2D eigenvalue weighted by Crippen LogP contribution is -2.31. The zero-order valence-corrected chi connectivity index (χ0v) is 12.6. The Morgan fingerprint density at radius 2 is 1.58 bits per heavy atom. The topological polar surface area (TPSA) is 33.5 Å². The molecule has 0 radical (unpaired) electrons. The summed E-state index contributed by atoms with van der Waals surface area (Å²) in [6.45, 7) is 1.82. The van der Waals surface area contributed by atoms with Crippen LogP contribution in [0, 0.1) is 11.3 Å². The summed E-state index contributed by atoms with van der Waals surface area (Å²) in [5.41, 5.74) is 2.20. The van der Waals surface area contributed by atoms with Crippen LogP contribution in [-0.2, 0) is 0 Å². The molecule has 0 heterocycles. The smallest absolute Gasteiger partial charge is 0.123 e. The highest BCUT2D eigenvalue weighted by Gasteiger charge is 2.16. The second kappa shape index (κ2) is 7.13. The molecule has 104 valence electrons. The summed E-state index contributed by atoms with van der Waals surface area (Å²) < 4.78 is 0. The van der Waals surface area contributed by atoms with E-state index in [1.807, 2.05) is 47.4 Å². The summed E-state index contributed by atoms with van der Waals surface area (Å²) >= 11 is 0. The first-order valence-corrected chi connectivity index (χ1v) is 6.47. The van der Waals surface area contributed by atoms with Crippen molar-refractivity contribution in [2.75, 3.05) is 53.2 Å². The molecular weight excluding hydrogens is 236 g/mol. The summed E-state index contributed by atoms with van der Waals surface area (Å²) in [7, 11) is 10.1. The minimum Gasteiger partial charge on any atom is -0.378 e. The fourth-order valence-electron chi connectivity index (χ4n) is 1.87. The van der Waals surface area contributed by atoms with Crippen LogP contribution >= 0.6 is 0 Å². The normalized spacial score (nSPS) is 12.5. The third-order valence-corrected chi connectivity index (χ3v) is 3.19. The van der Waals surface area contributed by atoms with Gasteiger partial charge >= 0.3 is 0 Å². The van der Waals surface area contributed by atoms with Crippen molar-refractivity contribution in [3.63, 3.8) is 0 Å². The molecule has 0 saturated heterocycles. The van der Waals surface area contributed by atoms with E-state index in [2.05, 4.69) is 32.9 Å². The van der Waals surface area contributed by atoms with Crippen LogP contribution < -0.4 is 4.90 Å². The van der Waals surface area contributed by atoms with Crippen LogP contribution in [0.3, 0.4) is 0 Å². The lowest BCUT2D eigenvalue weighted by atomic mass is 10.1. The van der Waals surface area contributed by atoms with Crippen molar-refractivity contribution < 1.29 is 0 Å². The Balaban J connectivity index is 2.77. The zero-order chi connectivity index (χ0) is 14.4. The summed E-state index contributed by atoms with van der Waals surface area (Å²) in [5, 5.41) is 9.38. The van der Waals surface area contributed by atoms with Gasteiger partial charge in [0.05, 0.1) is 6.07 Å². The van der Waals surface area contributed by atoms with Gasteiger partial charge in [-0.2, -0.15) is 5.26 Å². The zero-order valence-electron chi connectivity index (χ0n) is 12.6. The Bertz CT molecular complexity index is 417. The third kappa shape index (κ3) is 4.55. The quantitative estimate of drug-likeness (QED) is 0.781. The summed E-state index contributed by atoms with van der Waals surface area (Å²) in [6, 6.07) is 10.4. The number of anilines is 1. The van der Waals surface area contributed by atoms with Crippen LogP contribution in [0.1, 0.15) is 11.6 Å². The van der Waals surface area contributed by atoms with Crippen molar-refractivity contribution in [2.24, 2.45) is 0 Å². The molecule has 0 N–H and O–H groups in total. The van der Waals surface area contributed by atoms with Crippen LogP contribution in [0.2, 0.25) is 0 Å². The van der Waals surface area contributed by atoms with Gasteiger partial charge in [-0.25, -0.2) is 0 Å². The third-order valence-electron chi connectivity index (χ3n) is 3.19. The van der Waals surface area contributed by atoms with Gasteiger partial charge in [-0.05, 0) is 38.8 Å². The number of hydrogen-bond acceptors (Lipinski definition) is 4. The average Bonchev–Trinajstić information content (AvgIpc) is 2.37. The monoisotopic (exact) mass is 260 g/mol. The number of rotatable bonds is 6. The molecule has 4 nitrogen and oxygen atoms in total. The van der Waals surface area contributed by atoms with Gasteiger partial charge < -0.3 is 9.80 Å². The molecule has 19 heavy (non-hydrogen) atoms. The molecule has 0 amide bonds. The van der Waals surface area contributed by atoms with Gasteiger partial charge in [-0.3, -0.25) is 4.90 Å². The Labute approximate surface area is 116 Å². The van der Waals surface area contributed by atoms with E-state index in [1.165, 1.54) is 0 Å². The van der Waals surface area contributed by atoms with E-state index in [9.17, 15) is 5.26 Å². The first kappa shape index (κ1) is 15.5. The molecule has 1 atom stereocenters. The second-order valence-corrected chi connectivity index (χ2v) is 5.30. The molecule has 0 bridgehead atoms. The van der Waals surface area contributed by atoms with Gasteiger partial charge in [0.15, 0.2) is 0 Å². The van der Waals surface area contributed by atoms with E-state index in [1.54, 1.807) is 0 Å². The van der Waals surface area contributed by atoms with E-state index in [0.717, 1.165) is 24.3 Å². The first-order chi connectivity index (χ1) is 8.95.